The van der Waals surface area contributed by atoms with Gasteiger partial charge in [0.05, 0.1) is 10.7 Å². The van der Waals surface area contributed by atoms with Gasteiger partial charge in [-0.1, -0.05) is 32.1 Å². The number of rotatable bonds is 4. The molecule has 0 unspecified atom stereocenters. The summed E-state index contributed by atoms with van der Waals surface area (Å²) in [4.78, 5) is 8.90. The Morgan fingerprint density at radius 1 is 1.17 bits per heavy atom. The first-order valence-electron chi connectivity index (χ1n) is 8.50. The largest absolute Gasteiger partial charge is 0.340 e. The number of anilines is 2. The van der Waals surface area contributed by atoms with Gasteiger partial charge in [-0.05, 0) is 40.4 Å². The second kappa shape index (κ2) is 6.89. The lowest BCUT2D eigenvalue weighted by Gasteiger charge is -2.21. The predicted molar refractivity (Wildman–Crippen MR) is 98.5 cm³/mol. The highest BCUT2D eigenvalue weighted by molar-refractivity contribution is 9.10. The quantitative estimate of drug-likeness (QED) is 0.703. The van der Waals surface area contributed by atoms with Crippen LogP contribution in [0.15, 0.2) is 41.3 Å². The molecular formula is C18H20BrN5. The number of aromatic nitrogens is 4. The van der Waals surface area contributed by atoms with E-state index in [-0.39, 0.29) is 0 Å². The highest BCUT2D eigenvalue weighted by Gasteiger charge is 2.17. The van der Waals surface area contributed by atoms with Gasteiger partial charge >= 0.3 is 0 Å². The van der Waals surface area contributed by atoms with Crippen molar-refractivity contribution < 1.29 is 0 Å². The topological polar surface area (TPSA) is 55.1 Å². The van der Waals surface area contributed by atoms with Crippen molar-refractivity contribution in [3.8, 4) is 0 Å². The van der Waals surface area contributed by atoms with Gasteiger partial charge in [-0.2, -0.15) is 9.61 Å². The van der Waals surface area contributed by atoms with Crippen LogP contribution < -0.4 is 5.32 Å². The molecule has 0 atom stereocenters. The van der Waals surface area contributed by atoms with Crippen molar-refractivity contribution in [3.05, 3.63) is 47.0 Å². The maximum atomic E-state index is 4.83. The molecule has 1 aliphatic carbocycles. The smallest absolute Gasteiger partial charge is 0.171 e. The molecule has 0 saturated heterocycles. The van der Waals surface area contributed by atoms with Gasteiger partial charge in [0.25, 0.3) is 0 Å². The molecule has 1 fully saturated rings. The Hall–Kier alpha value is -1.95. The van der Waals surface area contributed by atoms with Crippen molar-refractivity contribution in [1.29, 1.82) is 0 Å². The minimum Gasteiger partial charge on any atom is -0.340 e. The van der Waals surface area contributed by atoms with Crippen molar-refractivity contribution in [2.75, 3.05) is 5.32 Å². The Morgan fingerprint density at radius 3 is 2.75 bits per heavy atom. The van der Waals surface area contributed by atoms with Crippen molar-refractivity contribution in [2.24, 2.45) is 5.92 Å². The Kier molecular flexibility index (Phi) is 4.47. The first-order valence-corrected chi connectivity index (χ1v) is 9.29. The third-order valence-corrected chi connectivity index (χ3v) is 5.22. The number of halogens is 1. The summed E-state index contributed by atoms with van der Waals surface area (Å²) < 4.78 is 2.76. The molecule has 0 spiro atoms. The summed E-state index contributed by atoms with van der Waals surface area (Å²) in [5.41, 5.74) is 2.99. The molecular weight excluding hydrogens is 366 g/mol. The van der Waals surface area contributed by atoms with Gasteiger partial charge in [-0.25, -0.2) is 4.98 Å². The number of nitrogens with one attached hydrogen (secondary N) is 1. The number of nitrogens with zero attached hydrogens (tertiary/aromatic N) is 4. The second-order valence-electron chi connectivity index (χ2n) is 6.43. The Bertz CT molecular complexity index is 824. The van der Waals surface area contributed by atoms with Crippen LogP contribution in [0.25, 0.3) is 5.65 Å². The van der Waals surface area contributed by atoms with Gasteiger partial charge in [-0.15, -0.1) is 0 Å². The van der Waals surface area contributed by atoms with Crippen LogP contribution in [0.3, 0.4) is 0 Å². The Morgan fingerprint density at radius 2 is 1.96 bits per heavy atom. The predicted octanol–water partition coefficient (Wildman–Crippen LogP) is 4.75. The molecule has 0 bridgehead atoms. The Balaban J connectivity index is 1.68. The SMILES string of the molecule is Brc1cnn2c(Nc3ccncc3)cc(CC3CCCCC3)nc12. The van der Waals surface area contributed by atoms with E-state index in [4.69, 9.17) is 4.98 Å². The van der Waals surface area contributed by atoms with Gasteiger partial charge < -0.3 is 5.32 Å². The lowest BCUT2D eigenvalue weighted by molar-refractivity contribution is 0.354. The summed E-state index contributed by atoms with van der Waals surface area (Å²) in [6, 6.07) is 6.03. The number of hydrogen-bond acceptors (Lipinski definition) is 4. The summed E-state index contributed by atoms with van der Waals surface area (Å²) in [7, 11) is 0. The zero-order valence-electron chi connectivity index (χ0n) is 13.5. The third kappa shape index (κ3) is 3.29. The minimum absolute atomic E-state index is 0.754. The van der Waals surface area contributed by atoms with Crippen molar-refractivity contribution in [3.63, 3.8) is 0 Å². The van der Waals surface area contributed by atoms with E-state index in [1.807, 2.05) is 16.6 Å². The molecule has 6 heteroatoms. The van der Waals surface area contributed by atoms with Crippen molar-refractivity contribution >= 4 is 33.1 Å². The fourth-order valence-corrected chi connectivity index (χ4v) is 3.80. The van der Waals surface area contributed by atoms with Gasteiger partial charge in [0.2, 0.25) is 0 Å². The van der Waals surface area contributed by atoms with Crippen LogP contribution in [0.1, 0.15) is 37.8 Å². The molecule has 0 aromatic carbocycles. The Labute approximate surface area is 149 Å². The highest BCUT2D eigenvalue weighted by atomic mass is 79.9. The van der Waals surface area contributed by atoms with E-state index < -0.39 is 0 Å². The van der Waals surface area contributed by atoms with Gasteiger partial charge in [-0.3, -0.25) is 4.98 Å². The van der Waals surface area contributed by atoms with Crippen LogP contribution in [-0.2, 0) is 6.42 Å². The molecule has 4 rings (SSSR count). The van der Waals surface area contributed by atoms with Crippen molar-refractivity contribution in [2.45, 2.75) is 38.5 Å². The molecule has 3 heterocycles. The summed E-state index contributed by atoms with van der Waals surface area (Å²) in [5, 5.41) is 7.87. The zero-order chi connectivity index (χ0) is 16.4. The van der Waals surface area contributed by atoms with E-state index in [2.05, 4.69) is 37.4 Å². The lowest BCUT2D eigenvalue weighted by Crippen LogP contribution is -2.12. The van der Waals surface area contributed by atoms with Crippen LogP contribution >= 0.6 is 15.9 Å². The molecule has 24 heavy (non-hydrogen) atoms. The summed E-state index contributed by atoms with van der Waals surface area (Å²) in [5.74, 6) is 1.69. The molecule has 1 N–H and O–H groups in total. The first kappa shape index (κ1) is 15.6. The van der Waals surface area contributed by atoms with Crippen LogP contribution in [0.4, 0.5) is 11.5 Å². The number of fused-ring (bicyclic) bond motifs is 1. The van der Waals surface area contributed by atoms with E-state index >= 15 is 0 Å². The van der Waals surface area contributed by atoms with E-state index in [1.165, 1.54) is 32.1 Å². The molecule has 3 aromatic heterocycles. The normalized spacial score (nSPS) is 15.7. The molecule has 0 amide bonds. The maximum absolute atomic E-state index is 4.83. The maximum Gasteiger partial charge on any atom is 0.171 e. The third-order valence-electron chi connectivity index (χ3n) is 4.66. The fraction of sp³-hybridized carbons (Fsp3) is 0.389. The molecule has 0 radical (unpaired) electrons. The number of pyridine rings is 1. The molecule has 1 aliphatic rings. The van der Waals surface area contributed by atoms with E-state index in [1.54, 1.807) is 18.6 Å². The molecule has 0 aliphatic heterocycles. The molecule has 124 valence electrons. The molecule has 1 saturated carbocycles. The van der Waals surface area contributed by atoms with Crippen LogP contribution in [0, 0.1) is 5.92 Å². The van der Waals surface area contributed by atoms with Crippen LogP contribution in [0.5, 0.6) is 0 Å². The number of hydrogen-bond donors (Lipinski definition) is 1. The molecule has 3 aromatic rings. The fourth-order valence-electron chi connectivity index (χ4n) is 3.45. The van der Waals surface area contributed by atoms with Gasteiger partial charge in [0, 0.05) is 29.8 Å². The average molecular weight is 386 g/mol. The molecule has 5 nitrogen and oxygen atoms in total. The standard InChI is InChI=1S/C18H20BrN5/c19-16-12-21-24-17(22-14-6-8-20-9-7-14)11-15(23-18(16)24)10-13-4-2-1-3-5-13/h6-9,11-13H,1-5,10H2,(H,20,22). The van der Waals surface area contributed by atoms with Crippen LogP contribution in [0.2, 0.25) is 0 Å². The minimum atomic E-state index is 0.754. The van der Waals surface area contributed by atoms with E-state index in [0.717, 1.165) is 39.7 Å². The first-order chi connectivity index (χ1) is 11.8. The monoisotopic (exact) mass is 385 g/mol. The summed E-state index contributed by atoms with van der Waals surface area (Å²) in [6.07, 6.45) is 13.1. The highest BCUT2D eigenvalue weighted by Crippen LogP contribution is 2.29. The second-order valence-corrected chi connectivity index (χ2v) is 7.28. The summed E-state index contributed by atoms with van der Waals surface area (Å²) >= 11 is 3.56. The van der Waals surface area contributed by atoms with Gasteiger partial charge in [0.15, 0.2) is 5.65 Å². The average Bonchev–Trinajstić information content (AvgIpc) is 2.98. The summed E-state index contributed by atoms with van der Waals surface area (Å²) in [6.45, 7) is 0. The van der Waals surface area contributed by atoms with Crippen molar-refractivity contribution in [1.82, 2.24) is 19.6 Å². The van der Waals surface area contributed by atoms with Crippen LogP contribution in [-0.4, -0.2) is 19.6 Å². The van der Waals surface area contributed by atoms with Gasteiger partial charge in [0.1, 0.15) is 5.82 Å². The van der Waals surface area contributed by atoms with E-state index in [9.17, 15) is 0 Å². The zero-order valence-corrected chi connectivity index (χ0v) is 15.0. The van der Waals surface area contributed by atoms with E-state index in [0.29, 0.717) is 0 Å². The lowest BCUT2D eigenvalue weighted by atomic mass is 9.86.